The van der Waals surface area contributed by atoms with Crippen LogP contribution in [0.3, 0.4) is 0 Å². The van der Waals surface area contributed by atoms with Crippen molar-refractivity contribution in [3.8, 4) is 0 Å². The number of rotatable bonds is 8. The molecule has 0 heterocycles. The number of hydrogen-bond donors (Lipinski definition) is 1. The molecule has 0 aromatic carbocycles. The SMILES string of the molecule is CCNCC(CCCSCC)C(C)(C)C. The maximum atomic E-state index is 3.49. The smallest absolute Gasteiger partial charge is 0.00156 e. The Bertz CT molecular complexity index is 140. The number of hydrogen-bond acceptors (Lipinski definition) is 2. The molecule has 0 spiro atoms. The van der Waals surface area contributed by atoms with Gasteiger partial charge in [0, 0.05) is 0 Å². The average molecular weight is 231 g/mol. The van der Waals surface area contributed by atoms with Gasteiger partial charge in [-0.1, -0.05) is 34.6 Å². The molecule has 15 heavy (non-hydrogen) atoms. The first kappa shape index (κ1) is 15.3. The van der Waals surface area contributed by atoms with E-state index in [1.54, 1.807) is 0 Å². The van der Waals surface area contributed by atoms with Gasteiger partial charge in [-0.15, -0.1) is 0 Å². The van der Waals surface area contributed by atoms with E-state index in [0.717, 1.165) is 12.5 Å². The molecule has 0 aliphatic heterocycles. The lowest BCUT2D eigenvalue weighted by atomic mass is 9.78. The van der Waals surface area contributed by atoms with Gasteiger partial charge in [-0.2, -0.15) is 11.8 Å². The second-order valence-corrected chi connectivity index (χ2v) is 6.60. The fourth-order valence-electron chi connectivity index (χ4n) is 1.74. The van der Waals surface area contributed by atoms with Crippen molar-refractivity contribution in [3.05, 3.63) is 0 Å². The topological polar surface area (TPSA) is 12.0 Å². The average Bonchev–Trinajstić information content (AvgIpc) is 2.15. The summed E-state index contributed by atoms with van der Waals surface area (Å²) in [5.41, 5.74) is 0.444. The Kier molecular flexibility index (Phi) is 8.64. The third-order valence-electron chi connectivity index (χ3n) is 2.91. The summed E-state index contributed by atoms with van der Waals surface area (Å²) in [7, 11) is 0. The molecule has 0 saturated carbocycles. The molecule has 0 aliphatic rings. The van der Waals surface area contributed by atoms with Gasteiger partial charge in [0.2, 0.25) is 0 Å². The highest BCUT2D eigenvalue weighted by molar-refractivity contribution is 7.99. The molecule has 0 aliphatic carbocycles. The second-order valence-electron chi connectivity index (χ2n) is 5.21. The van der Waals surface area contributed by atoms with Crippen molar-refractivity contribution in [2.24, 2.45) is 11.3 Å². The van der Waals surface area contributed by atoms with Gasteiger partial charge in [0.05, 0.1) is 0 Å². The summed E-state index contributed by atoms with van der Waals surface area (Å²) in [4.78, 5) is 0. The zero-order valence-electron chi connectivity index (χ0n) is 11.2. The zero-order valence-corrected chi connectivity index (χ0v) is 12.0. The monoisotopic (exact) mass is 231 g/mol. The van der Waals surface area contributed by atoms with E-state index in [4.69, 9.17) is 0 Å². The lowest BCUT2D eigenvalue weighted by Gasteiger charge is -2.31. The third kappa shape index (κ3) is 8.15. The summed E-state index contributed by atoms with van der Waals surface area (Å²) >= 11 is 2.06. The second kappa shape index (κ2) is 8.46. The molecular formula is C13H29NS. The third-order valence-corrected chi connectivity index (χ3v) is 3.90. The van der Waals surface area contributed by atoms with Crippen LogP contribution in [0.5, 0.6) is 0 Å². The first-order valence-electron chi connectivity index (χ1n) is 6.30. The van der Waals surface area contributed by atoms with Crippen LogP contribution in [-0.4, -0.2) is 24.6 Å². The van der Waals surface area contributed by atoms with Crippen LogP contribution < -0.4 is 5.32 Å². The minimum Gasteiger partial charge on any atom is -0.317 e. The standard InChI is InChI=1S/C13H29NS/c1-6-14-11-12(13(3,4)5)9-8-10-15-7-2/h12,14H,6-11H2,1-5H3. The molecule has 1 atom stereocenters. The van der Waals surface area contributed by atoms with Crippen LogP contribution in [0.1, 0.15) is 47.5 Å². The van der Waals surface area contributed by atoms with Crippen LogP contribution in [0.25, 0.3) is 0 Å². The highest BCUT2D eigenvalue weighted by Gasteiger charge is 2.23. The molecule has 2 heteroatoms. The lowest BCUT2D eigenvalue weighted by molar-refractivity contribution is 0.219. The molecule has 1 nitrogen and oxygen atoms in total. The van der Waals surface area contributed by atoms with E-state index >= 15 is 0 Å². The number of thioether (sulfide) groups is 1. The summed E-state index contributed by atoms with van der Waals surface area (Å²) in [5.74, 6) is 3.40. The molecule has 0 saturated heterocycles. The van der Waals surface area contributed by atoms with Crippen LogP contribution >= 0.6 is 11.8 Å². The van der Waals surface area contributed by atoms with E-state index in [-0.39, 0.29) is 0 Å². The minimum atomic E-state index is 0.444. The van der Waals surface area contributed by atoms with E-state index in [1.165, 1.54) is 30.9 Å². The van der Waals surface area contributed by atoms with Gasteiger partial charge in [0.25, 0.3) is 0 Å². The lowest BCUT2D eigenvalue weighted by Crippen LogP contribution is -2.31. The van der Waals surface area contributed by atoms with Crippen LogP contribution in [0.15, 0.2) is 0 Å². The van der Waals surface area contributed by atoms with Gasteiger partial charge in [0.1, 0.15) is 0 Å². The van der Waals surface area contributed by atoms with Crippen LogP contribution in [0.4, 0.5) is 0 Å². The summed E-state index contributed by atoms with van der Waals surface area (Å²) in [6.45, 7) is 13.8. The van der Waals surface area contributed by atoms with Crippen molar-refractivity contribution in [2.75, 3.05) is 24.6 Å². The van der Waals surface area contributed by atoms with Crippen molar-refractivity contribution in [1.82, 2.24) is 5.32 Å². The maximum absolute atomic E-state index is 3.49. The van der Waals surface area contributed by atoms with Gasteiger partial charge in [0.15, 0.2) is 0 Å². The van der Waals surface area contributed by atoms with E-state index in [2.05, 4.69) is 51.7 Å². The van der Waals surface area contributed by atoms with Crippen molar-refractivity contribution in [1.29, 1.82) is 0 Å². The van der Waals surface area contributed by atoms with Crippen LogP contribution in [0.2, 0.25) is 0 Å². The van der Waals surface area contributed by atoms with E-state index in [1.807, 2.05) is 0 Å². The van der Waals surface area contributed by atoms with E-state index in [0.29, 0.717) is 5.41 Å². The molecule has 1 N–H and O–H groups in total. The molecule has 0 bridgehead atoms. The van der Waals surface area contributed by atoms with Crippen molar-refractivity contribution in [3.63, 3.8) is 0 Å². The molecule has 92 valence electrons. The Morgan fingerprint density at radius 2 is 1.87 bits per heavy atom. The van der Waals surface area contributed by atoms with Gasteiger partial charge in [-0.3, -0.25) is 0 Å². The summed E-state index contributed by atoms with van der Waals surface area (Å²) in [5, 5.41) is 3.49. The Morgan fingerprint density at radius 1 is 1.20 bits per heavy atom. The van der Waals surface area contributed by atoms with Crippen molar-refractivity contribution >= 4 is 11.8 Å². The number of nitrogens with one attached hydrogen (secondary N) is 1. The molecule has 0 radical (unpaired) electrons. The molecule has 0 aromatic heterocycles. The first-order valence-corrected chi connectivity index (χ1v) is 7.46. The molecule has 0 fully saturated rings. The summed E-state index contributed by atoms with van der Waals surface area (Å²) in [6.07, 6.45) is 2.73. The quantitative estimate of drug-likeness (QED) is 0.638. The Hall–Kier alpha value is 0.310. The minimum absolute atomic E-state index is 0.444. The van der Waals surface area contributed by atoms with Crippen molar-refractivity contribution < 1.29 is 0 Å². The van der Waals surface area contributed by atoms with E-state index < -0.39 is 0 Å². The van der Waals surface area contributed by atoms with Gasteiger partial charge in [-0.25, -0.2) is 0 Å². The van der Waals surface area contributed by atoms with Crippen LogP contribution in [0, 0.1) is 11.3 Å². The molecule has 0 rings (SSSR count). The molecule has 0 aromatic rings. The maximum Gasteiger partial charge on any atom is -0.00156 e. The first-order chi connectivity index (χ1) is 7.02. The van der Waals surface area contributed by atoms with Gasteiger partial charge >= 0.3 is 0 Å². The highest BCUT2D eigenvalue weighted by atomic mass is 32.2. The highest BCUT2D eigenvalue weighted by Crippen LogP contribution is 2.29. The fourth-order valence-corrected chi connectivity index (χ4v) is 2.40. The normalized spacial score (nSPS) is 14.2. The molecule has 1 unspecified atom stereocenters. The van der Waals surface area contributed by atoms with Crippen LogP contribution in [-0.2, 0) is 0 Å². The predicted molar refractivity (Wildman–Crippen MR) is 73.7 cm³/mol. The summed E-state index contributed by atoms with van der Waals surface area (Å²) in [6, 6.07) is 0. The fraction of sp³-hybridized carbons (Fsp3) is 1.00. The Morgan fingerprint density at radius 3 is 2.33 bits per heavy atom. The summed E-state index contributed by atoms with van der Waals surface area (Å²) < 4.78 is 0. The van der Waals surface area contributed by atoms with Gasteiger partial charge in [-0.05, 0) is 48.8 Å². The van der Waals surface area contributed by atoms with E-state index in [9.17, 15) is 0 Å². The zero-order chi connectivity index (χ0) is 11.7. The van der Waals surface area contributed by atoms with Gasteiger partial charge < -0.3 is 5.32 Å². The Balaban J connectivity index is 3.81. The largest absolute Gasteiger partial charge is 0.317 e. The predicted octanol–water partition coefficient (Wildman–Crippen LogP) is 3.79. The molecular weight excluding hydrogens is 202 g/mol. The van der Waals surface area contributed by atoms with Crippen molar-refractivity contribution in [2.45, 2.75) is 47.5 Å². The molecule has 0 amide bonds. The Labute approximate surface area is 101 Å².